The molecule has 1 fully saturated rings. The first-order chi connectivity index (χ1) is 10.9. The van der Waals surface area contributed by atoms with Crippen LogP contribution in [-0.4, -0.2) is 35.9 Å². The SMILES string of the molecule is CC(C)[B]c1cc2c(cc1F)C(=O)N(C1CCC(=O)NC1=O)C2. The second-order valence-corrected chi connectivity index (χ2v) is 6.34. The summed E-state index contributed by atoms with van der Waals surface area (Å²) in [5, 5.41) is 2.25. The molecule has 1 N–H and O–H groups in total. The number of hydrogen-bond acceptors (Lipinski definition) is 3. The summed E-state index contributed by atoms with van der Waals surface area (Å²) in [6.45, 7) is 4.17. The van der Waals surface area contributed by atoms with E-state index >= 15 is 0 Å². The van der Waals surface area contributed by atoms with Gasteiger partial charge in [-0.25, -0.2) is 4.39 Å². The van der Waals surface area contributed by atoms with Crippen LogP contribution in [0.2, 0.25) is 5.82 Å². The minimum absolute atomic E-state index is 0.186. The third-order valence-electron chi connectivity index (χ3n) is 4.15. The van der Waals surface area contributed by atoms with Crippen LogP contribution >= 0.6 is 0 Å². The molecule has 2 aliphatic heterocycles. The highest BCUT2D eigenvalue weighted by Gasteiger charge is 2.39. The zero-order chi connectivity index (χ0) is 16.7. The molecule has 2 aliphatic rings. The zero-order valence-corrected chi connectivity index (χ0v) is 13.1. The van der Waals surface area contributed by atoms with Crippen molar-refractivity contribution in [2.45, 2.75) is 45.1 Å². The van der Waals surface area contributed by atoms with Gasteiger partial charge >= 0.3 is 0 Å². The van der Waals surface area contributed by atoms with Crippen LogP contribution in [0.4, 0.5) is 4.39 Å². The van der Waals surface area contributed by atoms with E-state index in [-0.39, 0.29) is 30.6 Å². The second-order valence-electron chi connectivity index (χ2n) is 6.34. The molecule has 0 aliphatic carbocycles. The molecule has 119 valence electrons. The van der Waals surface area contributed by atoms with Crippen molar-refractivity contribution < 1.29 is 18.8 Å². The summed E-state index contributed by atoms with van der Waals surface area (Å²) >= 11 is 0. The maximum atomic E-state index is 14.1. The van der Waals surface area contributed by atoms with Gasteiger partial charge in [-0.05, 0) is 18.1 Å². The summed E-state index contributed by atoms with van der Waals surface area (Å²) in [6.07, 6.45) is 0.509. The number of fused-ring (bicyclic) bond motifs is 1. The van der Waals surface area contributed by atoms with Crippen molar-refractivity contribution in [2.75, 3.05) is 0 Å². The highest BCUT2D eigenvalue weighted by atomic mass is 19.1. The maximum Gasteiger partial charge on any atom is 0.255 e. The number of hydrogen-bond donors (Lipinski definition) is 1. The van der Waals surface area contributed by atoms with E-state index < -0.39 is 17.8 Å². The Balaban J connectivity index is 1.87. The fraction of sp³-hybridized carbons (Fsp3) is 0.438. The number of imide groups is 1. The van der Waals surface area contributed by atoms with E-state index in [0.717, 1.165) is 0 Å². The zero-order valence-electron chi connectivity index (χ0n) is 13.1. The van der Waals surface area contributed by atoms with Crippen molar-refractivity contribution in [3.63, 3.8) is 0 Å². The third-order valence-corrected chi connectivity index (χ3v) is 4.15. The second kappa shape index (κ2) is 5.79. The Hall–Kier alpha value is -2.18. The predicted molar refractivity (Wildman–Crippen MR) is 82.9 cm³/mol. The Morgan fingerprint density at radius 2 is 2.04 bits per heavy atom. The Kier molecular flexibility index (Phi) is 3.96. The number of carbonyl (C=O) groups is 3. The van der Waals surface area contributed by atoms with Crippen molar-refractivity contribution in [3.8, 4) is 0 Å². The first-order valence-corrected chi connectivity index (χ1v) is 7.68. The largest absolute Gasteiger partial charge is 0.322 e. The topological polar surface area (TPSA) is 66.5 Å². The molecule has 23 heavy (non-hydrogen) atoms. The van der Waals surface area contributed by atoms with Gasteiger partial charge in [-0.3, -0.25) is 19.7 Å². The standard InChI is InChI=1S/C16H17BFN2O3/c1-8(2)17-11-5-9-7-20(16(23)10(9)6-12(11)18)13-3-4-14(21)19-15(13)22/h5-6,8,13H,3-4,7H2,1-2H3,(H,19,21,22). The molecule has 1 radical (unpaired) electrons. The molecule has 3 amide bonds. The first kappa shape index (κ1) is 15.7. The average molecular weight is 315 g/mol. The molecule has 3 rings (SSSR count). The number of carbonyl (C=O) groups excluding carboxylic acids is 3. The van der Waals surface area contributed by atoms with Gasteiger partial charge in [-0.15, -0.1) is 0 Å². The van der Waals surface area contributed by atoms with Gasteiger partial charge in [0.25, 0.3) is 5.91 Å². The van der Waals surface area contributed by atoms with E-state index in [0.29, 0.717) is 23.0 Å². The molecule has 7 heteroatoms. The number of rotatable bonds is 3. The number of piperidine rings is 1. The van der Waals surface area contributed by atoms with E-state index in [1.807, 2.05) is 13.8 Å². The number of amides is 3. The lowest BCUT2D eigenvalue weighted by molar-refractivity contribution is -0.136. The average Bonchev–Trinajstić information content (AvgIpc) is 2.76. The van der Waals surface area contributed by atoms with E-state index in [9.17, 15) is 18.8 Å². The third kappa shape index (κ3) is 2.87. The lowest BCUT2D eigenvalue weighted by atomic mass is 9.60. The lowest BCUT2D eigenvalue weighted by Gasteiger charge is -2.29. The molecular weight excluding hydrogens is 298 g/mol. The van der Waals surface area contributed by atoms with Crippen LogP contribution in [0.3, 0.4) is 0 Å². The molecule has 5 nitrogen and oxygen atoms in total. The number of nitrogens with one attached hydrogen (secondary N) is 1. The first-order valence-electron chi connectivity index (χ1n) is 7.68. The molecule has 1 atom stereocenters. The smallest absolute Gasteiger partial charge is 0.255 e. The van der Waals surface area contributed by atoms with Crippen LogP contribution in [0.1, 0.15) is 42.6 Å². The fourth-order valence-corrected chi connectivity index (χ4v) is 3.10. The van der Waals surface area contributed by atoms with Crippen molar-refractivity contribution in [2.24, 2.45) is 0 Å². The number of halogens is 1. The molecule has 0 bridgehead atoms. The van der Waals surface area contributed by atoms with Gasteiger partial charge in [0.1, 0.15) is 11.9 Å². The molecule has 0 aromatic heterocycles. The summed E-state index contributed by atoms with van der Waals surface area (Å²) in [6, 6.07) is 2.25. The van der Waals surface area contributed by atoms with Crippen LogP contribution in [-0.2, 0) is 16.1 Å². The van der Waals surface area contributed by atoms with E-state index in [1.165, 1.54) is 11.0 Å². The highest BCUT2D eigenvalue weighted by Crippen LogP contribution is 2.27. The molecular formula is C16H17BFN2O3. The maximum absolute atomic E-state index is 14.1. The molecule has 1 unspecified atom stereocenters. The van der Waals surface area contributed by atoms with Crippen LogP contribution < -0.4 is 10.8 Å². The van der Waals surface area contributed by atoms with Crippen molar-refractivity contribution in [1.82, 2.24) is 10.2 Å². The molecule has 1 aromatic carbocycles. The van der Waals surface area contributed by atoms with E-state index in [2.05, 4.69) is 5.32 Å². The van der Waals surface area contributed by atoms with Gasteiger partial charge in [0.05, 0.1) is 0 Å². The predicted octanol–water partition coefficient (Wildman–Crippen LogP) is 0.744. The highest BCUT2D eigenvalue weighted by molar-refractivity contribution is 6.55. The molecule has 1 aromatic rings. The summed E-state index contributed by atoms with van der Waals surface area (Å²) in [5.74, 6) is -1.39. The van der Waals surface area contributed by atoms with Gasteiger partial charge in [-0.2, -0.15) is 0 Å². The van der Waals surface area contributed by atoms with Gasteiger partial charge in [-0.1, -0.05) is 31.2 Å². The molecule has 0 saturated carbocycles. The normalized spacial score (nSPS) is 20.8. The summed E-state index contributed by atoms with van der Waals surface area (Å²) in [5.41, 5.74) is 1.48. The Bertz CT molecular complexity index is 705. The molecule has 2 heterocycles. The minimum atomic E-state index is -0.673. The summed E-state index contributed by atoms with van der Waals surface area (Å²) in [4.78, 5) is 37.1. The van der Waals surface area contributed by atoms with Gasteiger partial charge in [0.2, 0.25) is 11.8 Å². The molecule has 1 saturated heterocycles. The van der Waals surface area contributed by atoms with Crippen LogP contribution in [0.5, 0.6) is 0 Å². The molecule has 0 spiro atoms. The van der Waals surface area contributed by atoms with Crippen molar-refractivity contribution in [1.29, 1.82) is 0 Å². The summed E-state index contributed by atoms with van der Waals surface area (Å²) < 4.78 is 14.1. The lowest BCUT2D eigenvalue weighted by Crippen LogP contribution is -2.52. The minimum Gasteiger partial charge on any atom is -0.322 e. The fourth-order valence-electron chi connectivity index (χ4n) is 3.10. The van der Waals surface area contributed by atoms with E-state index in [1.54, 1.807) is 13.3 Å². The Morgan fingerprint density at radius 1 is 1.30 bits per heavy atom. The quantitative estimate of drug-likeness (QED) is 0.661. The van der Waals surface area contributed by atoms with Gasteiger partial charge < -0.3 is 4.90 Å². The Labute approximate surface area is 134 Å². The van der Waals surface area contributed by atoms with Gasteiger partial charge in [0.15, 0.2) is 7.28 Å². The van der Waals surface area contributed by atoms with Gasteiger partial charge in [0, 0.05) is 18.5 Å². The number of benzene rings is 1. The number of nitrogens with zero attached hydrogens (tertiary/aromatic N) is 1. The Morgan fingerprint density at radius 3 is 2.70 bits per heavy atom. The van der Waals surface area contributed by atoms with Crippen LogP contribution in [0.15, 0.2) is 12.1 Å². The van der Waals surface area contributed by atoms with Crippen molar-refractivity contribution >= 4 is 30.5 Å². The van der Waals surface area contributed by atoms with Crippen LogP contribution in [0.25, 0.3) is 0 Å². The monoisotopic (exact) mass is 315 g/mol. The summed E-state index contributed by atoms with van der Waals surface area (Å²) in [7, 11) is 1.80. The van der Waals surface area contributed by atoms with Crippen molar-refractivity contribution in [3.05, 3.63) is 29.1 Å². The van der Waals surface area contributed by atoms with Crippen LogP contribution in [0, 0.1) is 5.82 Å². The van der Waals surface area contributed by atoms with E-state index in [4.69, 9.17) is 0 Å².